The standard InChI is InChI=1S/C20H18N4O2S2.C2HF3O2/c1-12-4-7-21-13(11-12)19(26)24-8-5-20(6-9-24)16-15(17(25)23-20)28-18(22-16)14-3-2-10-27-14;3-2(4,5)1(6)7/h2-4,7,10-11H,5-6,8-9H2,1H3,(H,23,25);(H,6,7). The number of hydrogen-bond donors (Lipinski definition) is 2. The van der Waals surface area contributed by atoms with E-state index in [1.165, 1.54) is 11.3 Å². The smallest absolute Gasteiger partial charge is 0.475 e. The minimum absolute atomic E-state index is 0.0459. The van der Waals surface area contributed by atoms with Crippen LogP contribution in [0.2, 0.25) is 0 Å². The number of rotatable bonds is 2. The predicted octanol–water partition coefficient (Wildman–Crippen LogP) is 4.08. The molecular weight excluding hydrogens is 505 g/mol. The third-order valence-electron chi connectivity index (χ3n) is 5.65. The van der Waals surface area contributed by atoms with Crippen LogP contribution in [0.25, 0.3) is 9.88 Å². The maximum atomic E-state index is 12.8. The van der Waals surface area contributed by atoms with Gasteiger partial charge in [-0.05, 0) is 48.9 Å². The van der Waals surface area contributed by atoms with Crippen LogP contribution in [-0.2, 0) is 10.3 Å². The molecule has 3 aromatic rings. The van der Waals surface area contributed by atoms with Crippen molar-refractivity contribution in [2.24, 2.45) is 0 Å². The lowest BCUT2D eigenvalue weighted by atomic mass is 9.86. The average molecular weight is 525 g/mol. The van der Waals surface area contributed by atoms with Gasteiger partial charge < -0.3 is 15.3 Å². The van der Waals surface area contributed by atoms with Crippen LogP contribution in [0.5, 0.6) is 0 Å². The molecule has 0 aliphatic carbocycles. The summed E-state index contributed by atoms with van der Waals surface area (Å²) in [5, 5.41) is 13.2. The Bertz CT molecular complexity index is 1270. The van der Waals surface area contributed by atoms with Crippen LogP contribution in [0.3, 0.4) is 0 Å². The number of piperidine rings is 1. The molecule has 2 aliphatic rings. The molecule has 0 unspecified atom stereocenters. The molecule has 0 aromatic carbocycles. The Labute approximate surface area is 205 Å². The summed E-state index contributed by atoms with van der Waals surface area (Å²) >= 11 is 3.09. The molecule has 1 saturated heterocycles. The summed E-state index contributed by atoms with van der Waals surface area (Å²) in [7, 11) is 0. The number of thiophene rings is 1. The van der Waals surface area contributed by atoms with E-state index in [-0.39, 0.29) is 11.8 Å². The van der Waals surface area contributed by atoms with Gasteiger partial charge in [-0.2, -0.15) is 13.2 Å². The van der Waals surface area contributed by atoms with Crippen LogP contribution in [0, 0.1) is 6.92 Å². The Morgan fingerprint density at radius 3 is 2.49 bits per heavy atom. The van der Waals surface area contributed by atoms with E-state index in [0.29, 0.717) is 36.5 Å². The summed E-state index contributed by atoms with van der Waals surface area (Å²) in [5.74, 6) is -2.86. The zero-order valence-corrected chi connectivity index (χ0v) is 19.9. The number of fused-ring (bicyclic) bond motifs is 2. The van der Waals surface area contributed by atoms with E-state index >= 15 is 0 Å². The Hall–Kier alpha value is -3.32. The third kappa shape index (κ3) is 5.05. The zero-order chi connectivity index (χ0) is 25.4. The number of halogens is 3. The summed E-state index contributed by atoms with van der Waals surface area (Å²) < 4.78 is 31.7. The zero-order valence-electron chi connectivity index (χ0n) is 18.3. The van der Waals surface area contributed by atoms with E-state index in [9.17, 15) is 22.8 Å². The molecule has 0 saturated carbocycles. The van der Waals surface area contributed by atoms with Crippen LogP contribution in [0.1, 0.15) is 44.3 Å². The summed E-state index contributed by atoms with van der Waals surface area (Å²) in [6, 6.07) is 7.71. The van der Waals surface area contributed by atoms with Crippen LogP contribution in [0.15, 0.2) is 35.8 Å². The number of carbonyl (C=O) groups excluding carboxylic acids is 2. The number of carboxylic acids is 1. The molecule has 1 spiro atoms. The fourth-order valence-electron chi connectivity index (χ4n) is 3.91. The van der Waals surface area contributed by atoms with Crippen molar-refractivity contribution in [3.8, 4) is 9.88 Å². The number of aromatic nitrogens is 2. The number of aryl methyl sites for hydroxylation is 1. The van der Waals surface area contributed by atoms with Gasteiger partial charge in [-0.3, -0.25) is 14.6 Å². The first-order chi connectivity index (χ1) is 16.5. The van der Waals surface area contributed by atoms with E-state index in [2.05, 4.69) is 10.3 Å². The van der Waals surface area contributed by atoms with Gasteiger partial charge in [0.1, 0.15) is 15.6 Å². The first kappa shape index (κ1) is 24.8. The molecule has 5 rings (SSSR count). The van der Waals surface area contributed by atoms with Crippen molar-refractivity contribution in [2.75, 3.05) is 13.1 Å². The van der Waals surface area contributed by atoms with Gasteiger partial charge in [-0.25, -0.2) is 9.78 Å². The molecule has 8 nitrogen and oxygen atoms in total. The minimum Gasteiger partial charge on any atom is -0.475 e. The molecule has 184 valence electrons. The Kier molecular flexibility index (Phi) is 6.64. The number of carbonyl (C=O) groups is 3. The fourth-order valence-corrected chi connectivity index (χ4v) is 5.76. The highest BCUT2D eigenvalue weighted by Gasteiger charge is 2.48. The second-order valence-electron chi connectivity index (χ2n) is 8.02. The number of amides is 2. The lowest BCUT2D eigenvalue weighted by molar-refractivity contribution is -0.192. The fraction of sp³-hybridized carbons (Fsp3) is 0.318. The molecule has 5 heterocycles. The molecule has 0 atom stereocenters. The van der Waals surface area contributed by atoms with Crippen molar-refractivity contribution < 1.29 is 32.7 Å². The maximum absolute atomic E-state index is 12.8. The Morgan fingerprint density at radius 1 is 1.23 bits per heavy atom. The summed E-state index contributed by atoms with van der Waals surface area (Å²) in [6.07, 6.45) is -2.09. The Balaban J connectivity index is 0.000000364. The number of likely N-dealkylation sites (tertiary alicyclic amines) is 1. The van der Waals surface area contributed by atoms with Crippen molar-refractivity contribution in [2.45, 2.75) is 31.5 Å². The first-order valence-corrected chi connectivity index (χ1v) is 12.1. The van der Waals surface area contributed by atoms with Crippen LogP contribution in [-0.4, -0.2) is 57.0 Å². The van der Waals surface area contributed by atoms with Crippen molar-refractivity contribution in [1.29, 1.82) is 0 Å². The van der Waals surface area contributed by atoms with Crippen molar-refractivity contribution >= 4 is 40.5 Å². The molecule has 0 bridgehead atoms. The molecule has 13 heteroatoms. The van der Waals surface area contributed by atoms with E-state index < -0.39 is 17.7 Å². The molecule has 2 aliphatic heterocycles. The van der Waals surface area contributed by atoms with E-state index in [1.54, 1.807) is 17.5 Å². The molecule has 0 radical (unpaired) electrons. The summed E-state index contributed by atoms with van der Waals surface area (Å²) in [4.78, 5) is 46.9. The average Bonchev–Trinajstić information content (AvgIpc) is 3.53. The summed E-state index contributed by atoms with van der Waals surface area (Å²) in [6.45, 7) is 3.09. The van der Waals surface area contributed by atoms with Gasteiger partial charge in [0.05, 0.1) is 16.1 Å². The Morgan fingerprint density at radius 2 is 1.91 bits per heavy atom. The number of carboxylic acid groups (broad SMARTS) is 1. The van der Waals surface area contributed by atoms with E-state index in [1.807, 2.05) is 41.5 Å². The van der Waals surface area contributed by atoms with Crippen molar-refractivity contribution in [1.82, 2.24) is 20.2 Å². The topological polar surface area (TPSA) is 112 Å². The second kappa shape index (κ2) is 9.38. The van der Waals surface area contributed by atoms with Crippen molar-refractivity contribution in [3.63, 3.8) is 0 Å². The lowest BCUT2D eigenvalue weighted by Gasteiger charge is -2.38. The SMILES string of the molecule is Cc1ccnc(C(=O)N2CCC3(CC2)NC(=O)c2sc(-c4cccs4)nc23)c1.O=C(O)C(F)(F)F. The molecule has 1 fully saturated rings. The largest absolute Gasteiger partial charge is 0.490 e. The highest BCUT2D eigenvalue weighted by molar-refractivity contribution is 7.22. The van der Waals surface area contributed by atoms with Gasteiger partial charge in [-0.15, -0.1) is 22.7 Å². The molecule has 2 N–H and O–H groups in total. The number of thiazole rings is 1. The molecular formula is C22H19F3N4O4S2. The van der Waals surface area contributed by atoms with Crippen LogP contribution >= 0.6 is 22.7 Å². The lowest BCUT2D eigenvalue weighted by Crippen LogP contribution is -2.51. The van der Waals surface area contributed by atoms with Gasteiger partial charge in [0, 0.05) is 19.3 Å². The van der Waals surface area contributed by atoms with Crippen LogP contribution < -0.4 is 5.32 Å². The van der Waals surface area contributed by atoms with Crippen LogP contribution in [0.4, 0.5) is 13.2 Å². The molecule has 2 amide bonds. The third-order valence-corrected chi connectivity index (χ3v) is 7.75. The normalized spacial score (nSPS) is 16.3. The predicted molar refractivity (Wildman–Crippen MR) is 122 cm³/mol. The number of nitrogens with zero attached hydrogens (tertiary/aromatic N) is 3. The minimum atomic E-state index is -5.08. The van der Waals surface area contributed by atoms with Gasteiger partial charge in [0.2, 0.25) is 0 Å². The van der Waals surface area contributed by atoms with Gasteiger partial charge >= 0.3 is 12.1 Å². The van der Waals surface area contributed by atoms with Gasteiger partial charge in [0.15, 0.2) is 0 Å². The first-order valence-electron chi connectivity index (χ1n) is 10.4. The highest BCUT2D eigenvalue weighted by atomic mass is 32.1. The molecule has 35 heavy (non-hydrogen) atoms. The van der Waals surface area contributed by atoms with Gasteiger partial charge in [-0.1, -0.05) is 6.07 Å². The second-order valence-corrected chi connectivity index (χ2v) is 9.97. The number of aliphatic carboxylic acids is 1. The maximum Gasteiger partial charge on any atom is 0.490 e. The van der Waals surface area contributed by atoms with Crippen molar-refractivity contribution in [3.05, 3.63) is 57.7 Å². The number of hydrogen-bond acceptors (Lipinski definition) is 7. The number of alkyl halides is 3. The molecule has 3 aromatic heterocycles. The number of nitrogens with one attached hydrogen (secondary N) is 1. The van der Waals surface area contributed by atoms with E-state index in [4.69, 9.17) is 14.9 Å². The summed E-state index contributed by atoms with van der Waals surface area (Å²) in [5.41, 5.74) is 1.88. The quantitative estimate of drug-likeness (QED) is 0.523. The monoisotopic (exact) mass is 524 g/mol. The number of pyridine rings is 1. The van der Waals surface area contributed by atoms with E-state index in [0.717, 1.165) is 21.1 Å². The highest BCUT2D eigenvalue weighted by Crippen LogP contribution is 2.44. The van der Waals surface area contributed by atoms with Gasteiger partial charge in [0.25, 0.3) is 11.8 Å².